The molecule has 0 spiro atoms. The number of allylic oxidation sites excluding steroid dienone is 1. The summed E-state index contributed by atoms with van der Waals surface area (Å²) in [7, 11) is 0. The van der Waals surface area contributed by atoms with Crippen molar-refractivity contribution in [3.8, 4) is 11.1 Å². The number of hydrogen-bond donors (Lipinski definition) is 2. The van der Waals surface area contributed by atoms with Gasteiger partial charge in [0, 0.05) is 33.9 Å². The van der Waals surface area contributed by atoms with Crippen molar-refractivity contribution in [2.24, 2.45) is 0 Å². The average Bonchev–Trinajstić information content (AvgIpc) is 3.00. The summed E-state index contributed by atoms with van der Waals surface area (Å²) in [5.74, 6) is 0.418. The van der Waals surface area contributed by atoms with Gasteiger partial charge >= 0.3 is 0 Å². The Hall–Kier alpha value is -2.19. The van der Waals surface area contributed by atoms with Gasteiger partial charge < -0.3 is 10.3 Å². The molecule has 27 heavy (non-hydrogen) atoms. The zero-order valence-corrected chi connectivity index (χ0v) is 17.3. The molecule has 0 bridgehead atoms. The van der Waals surface area contributed by atoms with Gasteiger partial charge in [0.05, 0.1) is 10.5 Å². The second-order valence-electron chi connectivity index (χ2n) is 8.49. The molecule has 3 heteroatoms. The Bertz CT molecular complexity index is 1040. The molecule has 3 aromatic rings. The lowest BCUT2D eigenvalue weighted by Gasteiger charge is -2.39. The van der Waals surface area contributed by atoms with E-state index in [0.717, 1.165) is 34.5 Å². The second-order valence-corrected chi connectivity index (χ2v) is 8.87. The fourth-order valence-electron chi connectivity index (χ4n) is 4.66. The van der Waals surface area contributed by atoms with E-state index in [1.54, 1.807) is 0 Å². The molecule has 1 aromatic heterocycles. The lowest BCUT2D eigenvalue weighted by atomic mass is 9.79. The van der Waals surface area contributed by atoms with Crippen LogP contribution in [0.2, 0.25) is 5.02 Å². The van der Waals surface area contributed by atoms with Crippen molar-refractivity contribution in [2.45, 2.75) is 52.0 Å². The molecule has 0 saturated heterocycles. The molecule has 2 N–H and O–H groups in total. The minimum atomic E-state index is 0.0844. The molecule has 2 aromatic carbocycles. The lowest BCUT2D eigenvalue weighted by molar-refractivity contribution is 0.454. The first-order valence-corrected chi connectivity index (χ1v) is 10.0. The molecule has 140 valence electrons. The molecule has 2 heterocycles. The average molecular weight is 379 g/mol. The number of aromatic amines is 1. The van der Waals surface area contributed by atoms with E-state index in [-0.39, 0.29) is 5.54 Å². The Morgan fingerprint density at radius 1 is 1.30 bits per heavy atom. The van der Waals surface area contributed by atoms with Crippen molar-refractivity contribution in [1.29, 1.82) is 0 Å². The van der Waals surface area contributed by atoms with E-state index < -0.39 is 0 Å². The van der Waals surface area contributed by atoms with Crippen LogP contribution in [-0.2, 0) is 6.42 Å². The highest BCUT2D eigenvalue weighted by atomic mass is 35.5. The molecule has 0 amide bonds. The summed E-state index contributed by atoms with van der Waals surface area (Å²) in [5.41, 5.74) is 8.48. The Morgan fingerprint density at radius 3 is 2.81 bits per heavy atom. The van der Waals surface area contributed by atoms with Crippen LogP contribution in [0.1, 0.15) is 49.8 Å². The van der Waals surface area contributed by atoms with Gasteiger partial charge in [-0.05, 0) is 62.3 Å². The summed E-state index contributed by atoms with van der Waals surface area (Å²) >= 11 is 7.02. The van der Waals surface area contributed by atoms with Crippen molar-refractivity contribution in [3.63, 3.8) is 0 Å². The Kier molecular flexibility index (Phi) is 4.35. The SMILES string of the molecule is C=CCc1c[nH]c2c(-c3cc(C)c4c(c3Cl)C(C)CC(C)(C)N4)cccc12. The van der Waals surface area contributed by atoms with E-state index in [9.17, 15) is 0 Å². The van der Waals surface area contributed by atoms with Crippen LogP contribution < -0.4 is 5.32 Å². The fourth-order valence-corrected chi connectivity index (χ4v) is 5.10. The predicted molar refractivity (Wildman–Crippen MR) is 118 cm³/mol. The third-order valence-electron chi connectivity index (χ3n) is 5.73. The van der Waals surface area contributed by atoms with Crippen molar-refractivity contribution in [1.82, 2.24) is 4.98 Å². The number of anilines is 1. The number of benzene rings is 2. The van der Waals surface area contributed by atoms with E-state index in [1.165, 1.54) is 27.8 Å². The van der Waals surface area contributed by atoms with Crippen LogP contribution in [0.25, 0.3) is 22.0 Å². The first kappa shape index (κ1) is 18.2. The van der Waals surface area contributed by atoms with E-state index in [1.807, 2.05) is 6.08 Å². The summed E-state index contributed by atoms with van der Waals surface area (Å²) < 4.78 is 0. The van der Waals surface area contributed by atoms with Crippen molar-refractivity contribution >= 4 is 28.2 Å². The third kappa shape index (κ3) is 2.96. The Labute approximate surface area is 166 Å². The molecule has 0 saturated carbocycles. The van der Waals surface area contributed by atoms with Crippen LogP contribution in [0.5, 0.6) is 0 Å². The molecule has 1 aliphatic rings. The van der Waals surface area contributed by atoms with Gasteiger partial charge in [-0.15, -0.1) is 6.58 Å². The molecule has 1 unspecified atom stereocenters. The minimum Gasteiger partial charge on any atom is -0.380 e. The molecular weight excluding hydrogens is 352 g/mol. The van der Waals surface area contributed by atoms with Crippen LogP contribution in [0.4, 0.5) is 5.69 Å². The highest BCUT2D eigenvalue weighted by Gasteiger charge is 2.33. The van der Waals surface area contributed by atoms with E-state index in [2.05, 4.69) is 75.0 Å². The summed E-state index contributed by atoms with van der Waals surface area (Å²) in [4.78, 5) is 3.47. The van der Waals surface area contributed by atoms with Crippen molar-refractivity contribution in [2.75, 3.05) is 5.32 Å². The molecule has 0 radical (unpaired) electrons. The minimum absolute atomic E-state index is 0.0844. The zero-order valence-electron chi connectivity index (χ0n) is 16.5. The number of fused-ring (bicyclic) bond motifs is 2. The lowest BCUT2D eigenvalue weighted by Crippen LogP contribution is -2.37. The molecule has 1 atom stereocenters. The van der Waals surface area contributed by atoms with Crippen LogP contribution >= 0.6 is 11.6 Å². The molecule has 0 aliphatic carbocycles. The Balaban J connectivity index is 1.94. The standard InChI is InChI=1S/C24H27ClN2/c1-6-8-16-13-26-23-17(16)9-7-10-18(23)19-11-14(2)22-20(21(19)25)15(3)12-24(4,5)27-22/h6-7,9-11,13,15,26-27H,1,8,12H2,2-5H3. The van der Waals surface area contributed by atoms with E-state index >= 15 is 0 Å². The number of hydrogen-bond acceptors (Lipinski definition) is 1. The fraction of sp³-hybridized carbons (Fsp3) is 0.333. The number of aromatic nitrogens is 1. The van der Waals surface area contributed by atoms with Gasteiger partial charge in [0.1, 0.15) is 0 Å². The molecule has 2 nitrogen and oxygen atoms in total. The van der Waals surface area contributed by atoms with Gasteiger partial charge in [-0.1, -0.05) is 42.8 Å². The number of aryl methyl sites for hydroxylation is 1. The normalized spacial score (nSPS) is 18.2. The van der Waals surface area contributed by atoms with Crippen molar-refractivity contribution in [3.05, 3.63) is 64.8 Å². The number of H-pyrrole nitrogens is 1. The number of nitrogens with one attached hydrogen (secondary N) is 2. The maximum absolute atomic E-state index is 7.02. The maximum Gasteiger partial charge on any atom is 0.0540 e. The van der Waals surface area contributed by atoms with Crippen LogP contribution in [-0.4, -0.2) is 10.5 Å². The highest BCUT2D eigenvalue weighted by Crippen LogP contribution is 2.48. The molecule has 0 fully saturated rings. The summed E-state index contributed by atoms with van der Waals surface area (Å²) in [6.45, 7) is 12.9. The quantitative estimate of drug-likeness (QED) is 0.462. The van der Waals surface area contributed by atoms with Gasteiger partial charge in [0.2, 0.25) is 0 Å². The Morgan fingerprint density at radius 2 is 2.07 bits per heavy atom. The number of rotatable bonds is 3. The largest absolute Gasteiger partial charge is 0.380 e. The first-order chi connectivity index (χ1) is 12.8. The molecule has 1 aliphatic heterocycles. The van der Waals surface area contributed by atoms with Crippen LogP contribution in [0.15, 0.2) is 43.1 Å². The van der Waals surface area contributed by atoms with Gasteiger partial charge in [-0.3, -0.25) is 0 Å². The highest BCUT2D eigenvalue weighted by molar-refractivity contribution is 6.35. The van der Waals surface area contributed by atoms with Crippen LogP contribution in [0.3, 0.4) is 0 Å². The van der Waals surface area contributed by atoms with Crippen molar-refractivity contribution < 1.29 is 0 Å². The monoisotopic (exact) mass is 378 g/mol. The van der Waals surface area contributed by atoms with Crippen LogP contribution in [0, 0.1) is 6.92 Å². The summed E-state index contributed by atoms with van der Waals surface area (Å²) in [5, 5.41) is 5.82. The molecular formula is C24H27ClN2. The van der Waals surface area contributed by atoms with Gasteiger partial charge in [-0.25, -0.2) is 0 Å². The zero-order chi connectivity index (χ0) is 19.3. The molecule has 4 rings (SSSR count). The van der Waals surface area contributed by atoms with E-state index in [4.69, 9.17) is 11.6 Å². The third-order valence-corrected chi connectivity index (χ3v) is 6.13. The number of halogens is 1. The number of para-hydroxylation sites is 1. The van der Waals surface area contributed by atoms with Gasteiger partial charge in [-0.2, -0.15) is 0 Å². The van der Waals surface area contributed by atoms with Gasteiger partial charge in [0.25, 0.3) is 0 Å². The second kappa shape index (κ2) is 6.45. The maximum atomic E-state index is 7.02. The van der Waals surface area contributed by atoms with E-state index in [0.29, 0.717) is 5.92 Å². The predicted octanol–water partition coefficient (Wildman–Crippen LogP) is 7.22. The topological polar surface area (TPSA) is 27.8 Å². The first-order valence-electron chi connectivity index (χ1n) is 9.64. The van der Waals surface area contributed by atoms with Gasteiger partial charge in [0.15, 0.2) is 0 Å². The summed E-state index contributed by atoms with van der Waals surface area (Å²) in [6, 6.07) is 8.67. The summed E-state index contributed by atoms with van der Waals surface area (Å²) in [6.07, 6.45) is 5.96. The smallest absolute Gasteiger partial charge is 0.0540 e.